The number of benzene rings is 1. The molecule has 2 rings (SSSR count). The number of aromatic nitrogens is 1. The monoisotopic (exact) mass is 203 g/mol. The Hall–Kier alpha value is -2.10. The molecule has 0 atom stereocenters. The van der Waals surface area contributed by atoms with E-state index in [1.807, 2.05) is 19.1 Å². The first-order valence-corrected chi connectivity index (χ1v) is 4.43. The van der Waals surface area contributed by atoms with Crippen molar-refractivity contribution in [2.75, 3.05) is 0 Å². The standard InChI is InChI=1S/C11H9NO3/c1-7-2-4-8(5-3-7)11-12-9(13)6-10(14)15-11/h2-6,13H,1H3. The van der Waals surface area contributed by atoms with Crippen molar-refractivity contribution in [3.8, 4) is 17.3 Å². The Bertz CT molecular complexity index is 528. The van der Waals surface area contributed by atoms with E-state index >= 15 is 0 Å². The summed E-state index contributed by atoms with van der Waals surface area (Å²) in [6, 6.07) is 8.24. The number of aryl methyl sites for hydroxylation is 1. The van der Waals surface area contributed by atoms with Crippen molar-refractivity contribution < 1.29 is 9.52 Å². The summed E-state index contributed by atoms with van der Waals surface area (Å²) in [6.07, 6.45) is 0. The average molecular weight is 203 g/mol. The Kier molecular flexibility index (Phi) is 2.25. The maximum Gasteiger partial charge on any atom is 0.342 e. The van der Waals surface area contributed by atoms with Crippen LogP contribution in [-0.4, -0.2) is 10.1 Å². The Morgan fingerprint density at radius 2 is 1.93 bits per heavy atom. The van der Waals surface area contributed by atoms with Gasteiger partial charge in [-0.3, -0.25) is 0 Å². The van der Waals surface area contributed by atoms with E-state index in [2.05, 4.69) is 4.98 Å². The zero-order valence-electron chi connectivity index (χ0n) is 8.10. The minimum Gasteiger partial charge on any atom is -0.493 e. The first kappa shape index (κ1) is 9.45. The molecule has 0 unspecified atom stereocenters. The zero-order chi connectivity index (χ0) is 10.8. The van der Waals surface area contributed by atoms with E-state index in [0.717, 1.165) is 11.6 Å². The molecule has 2 aromatic rings. The summed E-state index contributed by atoms with van der Waals surface area (Å²) in [7, 11) is 0. The van der Waals surface area contributed by atoms with Gasteiger partial charge in [-0.2, -0.15) is 4.98 Å². The second-order valence-electron chi connectivity index (χ2n) is 3.21. The van der Waals surface area contributed by atoms with E-state index in [0.29, 0.717) is 5.56 Å². The van der Waals surface area contributed by atoms with Gasteiger partial charge in [-0.1, -0.05) is 17.7 Å². The molecule has 0 radical (unpaired) electrons. The normalized spacial score (nSPS) is 10.2. The fraction of sp³-hybridized carbons (Fsp3) is 0.0909. The zero-order valence-corrected chi connectivity index (χ0v) is 8.10. The van der Waals surface area contributed by atoms with Crippen LogP contribution in [0.5, 0.6) is 5.88 Å². The van der Waals surface area contributed by atoms with Crippen LogP contribution >= 0.6 is 0 Å². The van der Waals surface area contributed by atoms with Gasteiger partial charge in [0, 0.05) is 5.56 Å². The highest BCUT2D eigenvalue weighted by molar-refractivity contribution is 5.53. The maximum atomic E-state index is 11.0. The molecule has 0 spiro atoms. The van der Waals surface area contributed by atoms with Gasteiger partial charge in [0.05, 0.1) is 6.07 Å². The highest BCUT2D eigenvalue weighted by Crippen LogP contribution is 2.17. The minimum atomic E-state index is -0.613. The predicted octanol–water partition coefficient (Wildman–Crippen LogP) is 1.72. The molecule has 0 aliphatic rings. The van der Waals surface area contributed by atoms with E-state index < -0.39 is 5.63 Å². The fourth-order valence-electron chi connectivity index (χ4n) is 1.21. The van der Waals surface area contributed by atoms with Crippen LogP contribution in [0.4, 0.5) is 0 Å². The van der Waals surface area contributed by atoms with Gasteiger partial charge in [-0.05, 0) is 19.1 Å². The number of hydrogen-bond acceptors (Lipinski definition) is 4. The lowest BCUT2D eigenvalue weighted by atomic mass is 10.1. The van der Waals surface area contributed by atoms with Crippen molar-refractivity contribution >= 4 is 0 Å². The van der Waals surface area contributed by atoms with Gasteiger partial charge in [0.25, 0.3) is 0 Å². The molecule has 0 fully saturated rings. The molecule has 4 heteroatoms. The molecule has 4 nitrogen and oxygen atoms in total. The number of aromatic hydroxyl groups is 1. The molecule has 76 valence electrons. The molecular formula is C11H9NO3. The Morgan fingerprint density at radius 3 is 2.53 bits per heavy atom. The van der Waals surface area contributed by atoms with Crippen molar-refractivity contribution in [1.29, 1.82) is 0 Å². The maximum absolute atomic E-state index is 11.0. The summed E-state index contributed by atoms with van der Waals surface area (Å²) >= 11 is 0. The quantitative estimate of drug-likeness (QED) is 0.766. The largest absolute Gasteiger partial charge is 0.493 e. The van der Waals surface area contributed by atoms with Gasteiger partial charge in [0.15, 0.2) is 0 Å². The van der Waals surface area contributed by atoms with Gasteiger partial charge >= 0.3 is 5.63 Å². The molecule has 1 aromatic carbocycles. The van der Waals surface area contributed by atoms with E-state index in [9.17, 15) is 4.79 Å². The van der Waals surface area contributed by atoms with Crippen LogP contribution in [-0.2, 0) is 0 Å². The molecular weight excluding hydrogens is 194 g/mol. The molecule has 15 heavy (non-hydrogen) atoms. The second-order valence-corrected chi connectivity index (χ2v) is 3.21. The van der Waals surface area contributed by atoms with E-state index in [-0.39, 0.29) is 11.8 Å². The van der Waals surface area contributed by atoms with Crippen LogP contribution in [0, 0.1) is 6.92 Å². The SMILES string of the molecule is Cc1ccc(-c2nc(O)cc(=O)o2)cc1. The summed E-state index contributed by atoms with van der Waals surface area (Å²) in [4.78, 5) is 14.7. The van der Waals surface area contributed by atoms with Crippen molar-refractivity contribution in [1.82, 2.24) is 4.98 Å². The molecule has 1 aromatic heterocycles. The smallest absolute Gasteiger partial charge is 0.342 e. The van der Waals surface area contributed by atoms with Crippen LogP contribution in [0.1, 0.15) is 5.56 Å². The third-order valence-electron chi connectivity index (χ3n) is 1.96. The molecule has 0 aliphatic carbocycles. The van der Waals surface area contributed by atoms with Crippen LogP contribution < -0.4 is 5.63 Å². The van der Waals surface area contributed by atoms with Gasteiger partial charge in [-0.25, -0.2) is 4.79 Å². The highest BCUT2D eigenvalue weighted by Gasteiger charge is 2.04. The number of rotatable bonds is 1. The van der Waals surface area contributed by atoms with Gasteiger partial charge in [0.1, 0.15) is 0 Å². The lowest BCUT2D eigenvalue weighted by Gasteiger charge is -1.99. The average Bonchev–Trinajstić information content (AvgIpc) is 2.17. The second kappa shape index (κ2) is 3.57. The predicted molar refractivity (Wildman–Crippen MR) is 54.6 cm³/mol. The minimum absolute atomic E-state index is 0.125. The molecule has 0 saturated carbocycles. The van der Waals surface area contributed by atoms with Gasteiger partial charge < -0.3 is 9.52 Å². The summed E-state index contributed by atoms with van der Waals surface area (Å²) in [6.45, 7) is 1.95. The molecule has 1 N–H and O–H groups in total. The molecule has 0 bridgehead atoms. The van der Waals surface area contributed by atoms with Crippen molar-refractivity contribution in [3.63, 3.8) is 0 Å². The van der Waals surface area contributed by atoms with Crippen LogP contribution in [0.2, 0.25) is 0 Å². The Balaban J connectivity index is 2.54. The van der Waals surface area contributed by atoms with Crippen LogP contribution in [0.25, 0.3) is 11.5 Å². The van der Waals surface area contributed by atoms with E-state index in [1.165, 1.54) is 0 Å². The Labute approximate surface area is 85.8 Å². The highest BCUT2D eigenvalue weighted by atomic mass is 16.4. The first-order chi connectivity index (χ1) is 7.15. The summed E-state index contributed by atoms with van der Waals surface area (Å²) in [5.41, 5.74) is 1.15. The first-order valence-electron chi connectivity index (χ1n) is 4.43. The third kappa shape index (κ3) is 2.04. The molecule has 0 amide bonds. The van der Waals surface area contributed by atoms with E-state index in [4.69, 9.17) is 9.52 Å². The fourth-order valence-corrected chi connectivity index (χ4v) is 1.21. The van der Waals surface area contributed by atoms with Crippen molar-refractivity contribution in [2.24, 2.45) is 0 Å². The van der Waals surface area contributed by atoms with Crippen LogP contribution in [0.15, 0.2) is 39.5 Å². The molecule has 1 heterocycles. The summed E-state index contributed by atoms with van der Waals surface area (Å²) in [5.74, 6) is -0.207. The molecule has 0 saturated heterocycles. The van der Waals surface area contributed by atoms with Crippen molar-refractivity contribution in [3.05, 3.63) is 46.3 Å². The topological polar surface area (TPSA) is 63.3 Å². The molecule has 0 aliphatic heterocycles. The lowest BCUT2D eigenvalue weighted by Crippen LogP contribution is -1.98. The van der Waals surface area contributed by atoms with Crippen molar-refractivity contribution in [2.45, 2.75) is 6.92 Å². The van der Waals surface area contributed by atoms with Crippen LogP contribution in [0.3, 0.4) is 0 Å². The Morgan fingerprint density at radius 1 is 1.27 bits per heavy atom. The van der Waals surface area contributed by atoms with E-state index in [1.54, 1.807) is 12.1 Å². The van der Waals surface area contributed by atoms with Gasteiger partial charge in [0.2, 0.25) is 11.8 Å². The summed E-state index contributed by atoms with van der Waals surface area (Å²) in [5, 5.41) is 9.14. The third-order valence-corrected chi connectivity index (χ3v) is 1.96. The van der Waals surface area contributed by atoms with Gasteiger partial charge in [-0.15, -0.1) is 0 Å². The summed E-state index contributed by atoms with van der Waals surface area (Å²) < 4.78 is 4.86. The lowest BCUT2D eigenvalue weighted by molar-refractivity contribution is 0.421. The number of nitrogens with zero attached hydrogens (tertiary/aromatic N) is 1. The number of hydrogen-bond donors (Lipinski definition) is 1.